The van der Waals surface area contributed by atoms with Crippen molar-refractivity contribution in [3.8, 4) is 5.75 Å². The molecule has 5 N–H and O–H groups in total. The van der Waals surface area contributed by atoms with Crippen molar-refractivity contribution in [3.05, 3.63) is 39.9 Å². The fourth-order valence-electron chi connectivity index (χ4n) is 3.24. The molecule has 1 atom stereocenters. The van der Waals surface area contributed by atoms with Gasteiger partial charge in [-0.15, -0.1) is 11.3 Å². The first-order valence-corrected chi connectivity index (χ1v) is 10.7. The predicted molar refractivity (Wildman–Crippen MR) is 120 cm³/mol. The molecule has 3 rings (SSSR count). The first kappa shape index (κ1) is 24.2. The van der Waals surface area contributed by atoms with E-state index in [1.807, 2.05) is 0 Å². The number of carbonyl (C=O) groups is 3. The van der Waals surface area contributed by atoms with Crippen molar-refractivity contribution in [2.75, 3.05) is 5.73 Å². The molecular weight excluding hydrogens is 453 g/mol. The van der Waals surface area contributed by atoms with Crippen LogP contribution < -0.4 is 10.4 Å². The minimum atomic E-state index is -1.70. The molecule has 11 nitrogen and oxygen atoms in total. The van der Waals surface area contributed by atoms with E-state index in [9.17, 15) is 29.6 Å². The number of carbonyl (C=O) groups excluding carboxylic acids is 1. The summed E-state index contributed by atoms with van der Waals surface area (Å²) in [6, 6.07) is 3.18. The number of hydrogen-bond acceptors (Lipinski definition) is 10. The topological polar surface area (TPSA) is 182 Å². The van der Waals surface area contributed by atoms with Crippen molar-refractivity contribution < 1.29 is 39.1 Å². The number of benzene rings is 1. The average Bonchev–Trinajstić information content (AvgIpc) is 3.14. The molecule has 1 aromatic carbocycles. The van der Waals surface area contributed by atoms with Gasteiger partial charge in [0.05, 0.1) is 0 Å². The van der Waals surface area contributed by atoms with Gasteiger partial charge in [-0.25, -0.2) is 14.6 Å². The Balaban J connectivity index is 1.88. The number of oxime groups is 1. The molecule has 0 aliphatic carbocycles. The van der Waals surface area contributed by atoms with Crippen LogP contribution in [0, 0.1) is 6.92 Å². The number of anilines is 1. The maximum Gasteiger partial charge on any atom is 0.526 e. The third kappa shape index (κ3) is 5.31. The Hall–Kier alpha value is -3.45. The number of nitrogens with zero attached hydrogens (tertiary/aromatic N) is 2. The lowest BCUT2D eigenvalue weighted by Gasteiger charge is -2.28. The number of thiazole rings is 1. The van der Waals surface area contributed by atoms with Crippen LogP contribution in [0.1, 0.15) is 47.4 Å². The third-order valence-electron chi connectivity index (χ3n) is 5.02. The highest BCUT2D eigenvalue weighted by Crippen LogP contribution is 2.37. The van der Waals surface area contributed by atoms with Crippen LogP contribution in [0.25, 0.3) is 0 Å². The van der Waals surface area contributed by atoms with E-state index in [1.165, 1.54) is 25.3 Å². The van der Waals surface area contributed by atoms with Gasteiger partial charge in [0.25, 0.3) is 0 Å². The highest BCUT2D eigenvalue weighted by atomic mass is 32.1. The van der Waals surface area contributed by atoms with Crippen molar-refractivity contribution in [2.24, 2.45) is 5.16 Å². The second-order valence-electron chi connectivity index (χ2n) is 8.12. The van der Waals surface area contributed by atoms with E-state index in [2.05, 4.69) is 10.1 Å². The van der Waals surface area contributed by atoms with Gasteiger partial charge in [-0.3, -0.25) is 4.79 Å². The summed E-state index contributed by atoms with van der Waals surface area (Å²) in [7, 11) is -1.44. The van der Waals surface area contributed by atoms with E-state index in [-0.39, 0.29) is 40.7 Å². The SMILES string of the molecule is Cc1cc2c(c(C(=O)O)c1)OB(O)[C@@H](CC(=O)/C(=N\OC(C)(C)C(=O)O)c1csc(N)n1)C2. The number of fused-ring (bicyclic) bond motifs is 1. The van der Waals surface area contributed by atoms with Crippen LogP contribution in [0.2, 0.25) is 5.82 Å². The molecular formula is C20H22BN3O8S. The third-order valence-corrected chi connectivity index (χ3v) is 5.69. The lowest BCUT2D eigenvalue weighted by atomic mass is 9.64. The van der Waals surface area contributed by atoms with Crippen molar-refractivity contribution in [3.63, 3.8) is 0 Å². The molecule has 33 heavy (non-hydrogen) atoms. The molecule has 1 aromatic heterocycles. The van der Waals surface area contributed by atoms with Crippen LogP contribution in [-0.2, 0) is 20.8 Å². The number of aromatic nitrogens is 1. The number of aliphatic carboxylic acids is 1. The van der Waals surface area contributed by atoms with Crippen LogP contribution >= 0.6 is 11.3 Å². The van der Waals surface area contributed by atoms with Crippen molar-refractivity contribution >= 4 is 47.0 Å². The molecule has 13 heteroatoms. The van der Waals surface area contributed by atoms with Crippen molar-refractivity contribution in [2.45, 2.75) is 45.0 Å². The maximum absolute atomic E-state index is 13.1. The molecule has 0 saturated carbocycles. The molecule has 0 fully saturated rings. The van der Waals surface area contributed by atoms with Gasteiger partial charge in [-0.05, 0) is 44.4 Å². The Labute approximate surface area is 193 Å². The van der Waals surface area contributed by atoms with Gasteiger partial charge in [0.15, 0.2) is 16.6 Å². The molecule has 0 bridgehead atoms. The van der Waals surface area contributed by atoms with Gasteiger partial charge >= 0.3 is 19.1 Å². The normalized spacial score (nSPS) is 16.1. The fourth-order valence-corrected chi connectivity index (χ4v) is 3.79. The second kappa shape index (κ2) is 9.20. The number of hydrogen-bond donors (Lipinski definition) is 4. The number of ketones is 1. The van der Waals surface area contributed by atoms with Crippen molar-refractivity contribution in [1.82, 2.24) is 4.98 Å². The summed E-state index contributed by atoms with van der Waals surface area (Å²) < 4.78 is 5.47. The Morgan fingerprint density at radius 2 is 2.06 bits per heavy atom. The lowest BCUT2D eigenvalue weighted by Crippen LogP contribution is -2.37. The molecule has 174 valence electrons. The molecule has 0 unspecified atom stereocenters. The van der Waals surface area contributed by atoms with E-state index in [1.54, 1.807) is 13.0 Å². The molecule has 2 aromatic rings. The summed E-state index contributed by atoms with van der Waals surface area (Å²) in [5.41, 5.74) is 4.99. The molecule has 0 amide bonds. The van der Waals surface area contributed by atoms with E-state index >= 15 is 0 Å². The van der Waals surface area contributed by atoms with Gasteiger partial charge in [-0.1, -0.05) is 11.2 Å². The van der Waals surface area contributed by atoms with Gasteiger partial charge in [-0.2, -0.15) is 0 Å². The monoisotopic (exact) mass is 475 g/mol. The number of aryl methyl sites for hydroxylation is 1. The summed E-state index contributed by atoms with van der Waals surface area (Å²) in [6.07, 6.45) is -0.0672. The number of rotatable bonds is 8. The maximum atomic E-state index is 13.1. The summed E-state index contributed by atoms with van der Waals surface area (Å²) in [5.74, 6) is -3.71. The van der Waals surface area contributed by atoms with Crippen LogP contribution in [0.5, 0.6) is 5.75 Å². The molecule has 0 saturated heterocycles. The van der Waals surface area contributed by atoms with Gasteiger partial charge in [0, 0.05) is 17.6 Å². The van der Waals surface area contributed by atoms with E-state index in [0.29, 0.717) is 11.1 Å². The number of Topliss-reactive ketones (excluding diaryl/α,β-unsaturated/α-hetero) is 1. The Morgan fingerprint density at radius 3 is 2.64 bits per heavy atom. The van der Waals surface area contributed by atoms with Crippen LogP contribution in [0.4, 0.5) is 5.13 Å². The number of carboxylic acids is 2. The Morgan fingerprint density at radius 1 is 1.36 bits per heavy atom. The number of carboxylic acid groups (broad SMARTS) is 2. The number of nitrogen functional groups attached to an aromatic ring is 1. The van der Waals surface area contributed by atoms with Gasteiger partial charge < -0.3 is 30.5 Å². The van der Waals surface area contributed by atoms with Crippen molar-refractivity contribution in [1.29, 1.82) is 0 Å². The summed E-state index contributed by atoms with van der Waals surface area (Å²) in [4.78, 5) is 45.1. The molecule has 1 aliphatic rings. The number of nitrogens with two attached hydrogens (primary N) is 1. The average molecular weight is 475 g/mol. The summed E-state index contributed by atoms with van der Waals surface area (Å²) in [6.45, 7) is 4.28. The quantitative estimate of drug-likeness (QED) is 0.249. The first-order valence-electron chi connectivity index (χ1n) is 9.84. The second-order valence-corrected chi connectivity index (χ2v) is 9.01. The molecule has 0 spiro atoms. The largest absolute Gasteiger partial charge is 0.535 e. The highest BCUT2D eigenvalue weighted by Gasteiger charge is 2.39. The summed E-state index contributed by atoms with van der Waals surface area (Å²) >= 11 is 1.07. The standard InChI is InChI=1S/C20H22BN3O8S/c1-9-4-10-6-11(21(30)31-16(10)12(5-9)17(26)27)7-14(25)15(13-8-33-19(22)23-13)24-32-20(2,3)18(28)29/h4-5,8,11,30H,6-7H2,1-3H3,(H2,22,23)(H,26,27)(H,28,29)/b24-15-/t11-/m1/s1. The molecule has 2 heterocycles. The lowest BCUT2D eigenvalue weighted by molar-refractivity contribution is -0.161. The predicted octanol–water partition coefficient (Wildman–Crippen LogP) is 1.76. The zero-order chi connectivity index (χ0) is 24.5. The first-order chi connectivity index (χ1) is 15.4. The minimum absolute atomic E-state index is 0.0667. The van der Waals surface area contributed by atoms with E-state index < -0.39 is 36.3 Å². The Bertz CT molecular complexity index is 1150. The van der Waals surface area contributed by atoms with E-state index in [0.717, 1.165) is 11.3 Å². The van der Waals surface area contributed by atoms with Gasteiger partial charge in [0.2, 0.25) is 5.60 Å². The van der Waals surface area contributed by atoms with E-state index in [4.69, 9.17) is 15.2 Å². The number of aromatic carboxylic acids is 1. The van der Waals surface area contributed by atoms with Crippen LogP contribution in [-0.4, -0.2) is 56.4 Å². The smallest absolute Gasteiger partial charge is 0.526 e. The minimum Gasteiger partial charge on any atom is -0.535 e. The zero-order valence-electron chi connectivity index (χ0n) is 18.1. The summed E-state index contributed by atoms with van der Waals surface area (Å²) in [5, 5.41) is 34.6. The fraction of sp³-hybridized carbons (Fsp3) is 0.350. The Kier molecular flexibility index (Phi) is 6.74. The van der Waals surface area contributed by atoms with Crippen LogP contribution in [0.15, 0.2) is 22.7 Å². The zero-order valence-corrected chi connectivity index (χ0v) is 18.9. The van der Waals surface area contributed by atoms with Crippen LogP contribution in [0.3, 0.4) is 0 Å². The molecule has 0 radical (unpaired) electrons. The van der Waals surface area contributed by atoms with Gasteiger partial charge in [0.1, 0.15) is 17.0 Å². The molecule has 1 aliphatic heterocycles. The highest BCUT2D eigenvalue weighted by molar-refractivity contribution is 7.13.